The van der Waals surface area contributed by atoms with Gasteiger partial charge in [-0.2, -0.15) is 0 Å². The van der Waals surface area contributed by atoms with Crippen LogP contribution in [0.3, 0.4) is 0 Å². The zero-order valence-corrected chi connectivity index (χ0v) is 10.2. The number of nitrogens with zero attached hydrogens (tertiary/aromatic N) is 2. The Morgan fingerprint density at radius 1 is 1.26 bits per heavy atom. The number of nitro groups is 2. The molecule has 102 valence electrons. The Morgan fingerprint density at radius 3 is 2.11 bits per heavy atom. The molecule has 0 aliphatic carbocycles. The summed E-state index contributed by atoms with van der Waals surface area (Å²) in [6, 6.07) is 5.42. The van der Waals surface area contributed by atoms with Crippen molar-refractivity contribution in [1.82, 2.24) is 0 Å². The molecule has 0 spiro atoms. The number of hydrogen-bond donors (Lipinski definition) is 3. The zero-order chi connectivity index (χ0) is 14.6. The van der Waals surface area contributed by atoms with E-state index in [1.54, 1.807) is 18.2 Å². The van der Waals surface area contributed by atoms with Crippen molar-refractivity contribution in [2.45, 2.75) is 11.0 Å². The standard InChI is InChI=1S/C9H9N3O6S/c13-8(14)7(9(19,11(15)16)12(17)18)10-6-4-2-1-3-5-6/h1-5,7,10,19H,(H,13,14)/t7-/m1/s1. The van der Waals surface area contributed by atoms with Gasteiger partial charge in [-0.05, 0) is 24.8 Å². The monoisotopic (exact) mass is 287 g/mol. The summed E-state index contributed by atoms with van der Waals surface area (Å²) in [5.41, 5.74) is 0.192. The third-order valence-corrected chi connectivity index (χ3v) is 2.84. The van der Waals surface area contributed by atoms with E-state index in [2.05, 4.69) is 17.9 Å². The van der Waals surface area contributed by atoms with Crippen molar-refractivity contribution in [3.63, 3.8) is 0 Å². The van der Waals surface area contributed by atoms with Crippen LogP contribution in [0.4, 0.5) is 5.69 Å². The highest BCUT2D eigenvalue weighted by Crippen LogP contribution is 2.24. The smallest absolute Gasteiger partial charge is 0.479 e. The average molecular weight is 287 g/mol. The number of anilines is 1. The van der Waals surface area contributed by atoms with Gasteiger partial charge in [0.25, 0.3) is 6.04 Å². The highest BCUT2D eigenvalue weighted by molar-refractivity contribution is 7.81. The van der Waals surface area contributed by atoms with Crippen molar-refractivity contribution in [3.05, 3.63) is 50.6 Å². The Labute approximate surface area is 111 Å². The minimum Gasteiger partial charge on any atom is -0.479 e. The van der Waals surface area contributed by atoms with Crippen LogP contribution in [-0.2, 0) is 4.79 Å². The average Bonchev–Trinajstić information content (AvgIpc) is 2.35. The largest absolute Gasteiger partial charge is 0.533 e. The van der Waals surface area contributed by atoms with Gasteiger partial charge in [0.1, 0.15) is 9.85 Å². The normalized spacial score (nSPS) is 12.5. The maximum Gasteiger partial charge on any atom is 0.533 e. The van der Waals surface area contributed by atoms with E-state index in [0.717, 1.165) is 0 Å². The molecule has 0 saturated carbocycles. The Kier molecular flexibility index (Phi) is 4.27. The number of para-hydroxylation sites is 1. The third kappa shape index (κ3) is 2.91. The number of rotatable bonds is 6. The zero-order valence-electron chi connectivity index (χ0n) is 9.29. The van der Waals surface area contributed by atoms with Crippen molar-refractivity contribution in [2.24, 2.45) is 0 Å². The fraction of sp³-hybridized carbons (Fsp3) is 0.222. The maximum atomic E-state index is 11.0. The first-order chi connectivity index (χ1) is 8.80. The Bertz CT molecular complexity index is 494. The Hall–Kier alpha value is -2.36. The second-order valence-electron chi connectivity index (χ2n) is 3.48. The van der Waals surface area contributed by atoms with Crippen molar-refractivity contribution in [1.29, 1.82) is 0 Å². The summed E-state index contributed by atoms with van der Waals surface area (Å²) in [6.07, 6.45) is 0. The molecule has 1 rings (SSSR count). The van der Waals surface area contributed by atoms with Gasteiger partial charge in [0, 0.05) is 5.69 Å². The van der Waals surface area contributed by atoms with Gasteiger partial charge in [0.15, 0.2) is 0 Å². The Balaban J connectivity index is 3.17. The number of nitrogens with one attached hydrogen (secondary N) is 1. The molecular formula is C9H9N3O6S. The van der Waals surface area contributed by atoms with Crippen LogP contribution in [0, 0.1) is 20.2 Å². The number of carboxylic acid groups (broad SMARTS) is 1. The van der Waals surface area contributed by atoms with E-state index in [0.29, 0.717) is 0 Å². The molecule has 2 N–H and O–H groups in total. The quantitative estimate of drug-likeness (QED) is 0.303. The summed E-state index contributed by atoms with van der Waals surface area (Å²) >= 11 is 3.33. The molecule has 0 aromatic heterocycles. The first-order valence-corrected chi connectivity index (χ1v) is 5.30. The summed E-state index contributed by atoms with van der Waals surface area (Å²) in [6.45, 7) is 0. The van der Waals surface area contributed by atoms with E-state index >= 15 is 0 Å². The van der Waals surface area contributed by atoms with Crippen LogP contribution in [-0.4, -0.2) is 32.0 Å². The fourth-order valence-electron chi connectivity index (χ4n) is 1.30. The van der Waals surface area contributed by atoms with E-state index in [4.69, 9.17) is 5.11 Å². The van der Waals surface area contributed by atoms with E-state index in [-0.39, 0.29) is 5.69 Å². The van der Waals surface area contributed by atoms with Crippen LogP contribution in [0.15, 0.2) is 30.3 Å². The summed E-state index contributed by atoms with van der Waals surface area (Å²) in [4.78, 5) is 26.7. The van der Waals surface area contributed by atoms with Crippen LogP contribution < -0.4 is 5.32 Å². The van der Waals surface area contributed by atoms with Gasteiger partial charge in [-0.3, -0.25) is 20.2 Å². The van der Waals surface area contributed by atoms with Crippen molar-refractivity contribution in [3.8, 4) is 0 Å². The van der Waals surface area contributed by atoms with Gasteiger partial charge in [0.05, 0.1) is 0 Å². The first-order valence-electron chi connectivity index (χ1n) is 4.86. The highest BCUT2D eigenvalue weighted by atomic mass is 32.1. The van der Waals surface area contributed by atoms with Crippen molar-refractivity contribution in [2.75, 3.05) is 5.32 Å². The van der Waals surface area contributed by atoms with Crippen LogP contribution in [0.2, 0.25) is 0 Å². The predicted molar refractivity (Wildman–Crippen MR) is 67.2 cm³/mol. The lowest BCUT2D eigenvalue weighted by molar-refractivity contribution is -0.760. The minimum absolute atomic E-state index is 0.192. The van der Waals surface area contributed by atoms with Gasteiger partial charge in [-0.25, -0.2) is 4.79 Å². The van der Waals surface area contributed by atoms with Gasteiger partial charge >= 0.3 is 11.0 Å². The summed E-state index contributed by atoms with van der Waals surface area (Å²) < 4.78 is 0. The van der Waals surface area contributed by atoms with Crippen LogP contribution in [0.5, 0.6) is 0 Å². The second kappa shape index (κ2) is 5.52. The molecular weight excluding hydrogens is 278 g/mol. The number of aliphatic carboxylic acids is 1. The molecule has 0 saturated heterocycles. The molecule has 10 heteroatoms. The highest BCUT2D eigenvalue weighted by Gasteiger charge is 2.64. The Morgan fingerprint density at radius 2 is 1.74 bits per heavy atom. The molecule has 1 aromatic rings. The summed E-state index contributed by atoms with van der Waals surface area (Å²) in [5, 5.41) is 32.7. The molecule has 0 heterocycles. The second-order valence-corrected chi connectivity index (χ2v) is 4.14. The van der Waals surface area contributed by atoms with Crippen LogP contribution in [0.25, 0.3) is 0 Å². The van der Waals surface area contributed by atoms with E-state index < -0.39 is 26.9 Å². The molecule has 0 radical (unpaired) electrons. The lowest BCUT2D eigenvalue weighted by Crippen LogP contribution is -2.58. The molecule has 0 aliphatic heterocycles. The van der Waals surface area contributed by atoms with Crippen molar-refractivity contribution < 1.29 is 19.7 Å². The number of hydrogen-bond acceptors (Lipinski definition) is 7. The van der Waals surface area contributed by atoms with Gasteiger partial charge in [0.2, 0.25) is 0 Å². The fourth-order valence-corrected chi connectivity index (χ4v) is 1.48. The minimum atomic E-state index is -3.18. The van der Waals surface area contributed by atoms with E-state index in [9.17, 15) is 25.0 Å². The summed E-state index contributed by atoms with van der Waals surface area (Å²) in [5.74, 6) is -1.76. The molecule has 0 amide bonds. The van der Waals surface area contributed by atoms with Gasteiger partial charge < -0.3 is 10.4 Å². The molecule has 0 fully saturated rings. The summed E-state index contributed by atoms with van der Waals surface area (Å²) in [7, 11) is 0. The SMILES string of the molecule is O=C(O)[C@@H](Nc1ccccc1)C(S)([N+](=O)[O-])[N+](=O)[O-]. The number of carboxylic acids is 1. The topological polar surface area (TPSA) is 136 Å². The molecule has 9 nitrogen and oxygen atoms in total. The first kappa shape index (κ1) is 14.7. The maximum absolute atomic E-state index is 11.0. The van der Waals surface area contributed by atoms with E-state index in [1.165, 1.54) is 12.1 Å². The number of carbonyl (C=O) groups is 1. The molecule has 19 heavy (non-hydrogen) atoms. The third-order valence-electron chi connectivity index (χ3n) is 2.26. The predicted octanol–water partition coefficient (Wildman–Crippen LogP) is 0.689. The van der Waals surface area contributed by atoms with Gasteiger partial charge in [-0.1, -0.05) is 18.2 Å². The number of thiol groups is 1. The van der Waals surface area contributed by atoms with E-state index in [1.807, 2.05) is 0 Å². The molecule has 1 aromatic carbocycles. The van der Waals surface area contributed by atoms with Crippen LogP contribution in [0.1, 0.15) is 0 Å². The van der Waals surface area contributed by atoms with Crippen LogP contribution >= 0.6 is 12.6 Å². The molecule has 0 bridgehead atoms. The molecule has 1 atom stereocenters. The van der Waals surface area contributed by atoms with Crippen molar-refractivity contribution >= 4 is 24.3 Å². The molecule has 0 aliphatic rings. The lowest BCUT2D eigenvalue weighted by atomic mass is 10.2. The molecule has 0 unspecified atom stereocenters. The lowest BCUT2D eigenvalue weighted by Gasteiger charge is -2.20. The number of benzene rings is 1. The van der Waals surface area contributed by atoms with Gasteiger partial charge in [-0.15, -0.1) is 0 Å².